The van der Waals surface area contributed by atoms with Gasteiger partial charge >= 0.3 is 0 Å². The quantitative estimate of drug-likeness (QED) is 0.640. The van der Waals surface area contributed by atoms with Crippen LogP contribution < -0.4 is 5.32 Å². The molecule has 1 aliphatic rings. The third-order valence-electron chi connectivity index (χ3n) is 3.25. The van der Waals surface area contributed by atoms with Crippen molar-refractivity contribution in [2.24, 2.45) is 5.92 Å². The molecule has 0 saturated carbocycles. The van der Waals surface area contributed by atoms with Crippen molar-refractivity contribution in [1.29, 1.82) is 0 Å². The van der Waals surface area contributed by atoms with Gasteiger partial charge < -0.3 is 10.2 Å². The molecule has 1 rings (SSSR count). The van der Waals surface area contributed by atoms with Gasteiger partial charge in [0.1, 0.15) is 0 Å². The molecule has 1 aliphatic heterocycles. The van der Waals surface area contributed by atoms with Gasteiger partial charge in [0.25, 0.3) is 0 Å². The zero-order chi connectivity index (χ0) is 8.48. The van der Waals surface area contributed by atoms with E-state index < -0.39 is 0 Å². The maximum Gasteiger partial charge on any atom is 0.0190 e. The van der Waals surface area contributed by atoms with Crippen LogP contribution in [0.25, 0.3) is 0 Å². The summed E-state index contributed by atoms with van der Waals surface area (Å²) in [6.07, 6.45) is 1.34. The largest absolute Gasteiger partial charge is 0.319 e. The van der Waals surface area contributed by atoms with Crippen molar-refractivity contribution in [2.75, 3.05) is 27.2 Å². The van der Waals surface area contributed by atoms with Crippen LogP contribution in [-0.2, 0) is 0 Å². The summed E-state index contributed by atoms with van der Waals surface area (Å²) in [5, 5.41) is 3.26. The molecule has 66 valence electrons. The van der Waals surface area contributed by atoms with Gasteiger partial charge in [-0.2, -0.15) is 0 Å². The van der Waals surface area contributed by atoms with Gasteiger partial charge in [-0.25, -0.2) is 0 Å². The van der Waals surface area contributed by atoms with Crippen molar-refractivity contribution < 1.29 is 0 Å². The van der Waals surface area contributed by atoms with Crippen LogP contribution in [0.3, 0.4) is 0 Å². The Bertz CT molecular complexity index is 130. The van der Waals surface area contributed by atoms with E-state index in [1.165, 1.54) is 13.0 Å². The Morgan fingerprint density at radius 3 is 2.55 bits per heavy atom. The van der Waals surface area contributed by atoms with Gasteiger partial charge in [0.15, 0.2) is 0 Å². The maximum atomic E-state index is 3.26. The second kappa shape index (κ2) is 3.11. The highest BCUT2D eigenvalue weighted by Crippen LogP contribution is 2.32. The van der Waals surface area contributed by atoms with Gasteiger partial charge in [0.2, 0.25) is 0 Å². The predicted octanol–water partition coefficient (Wildman–Crippen LogP) is 0.936. The van der Waals surface area contributed by atoms with Gasteiger partial charge in [-0.3, -0.25) is 0 Å². The summed E-state index contributed by atoms with van der Waals surface area (Å²) < 4.78 is 0. The van der Waals surface area contributed by atoms with Crippen LogP contribution in [0.15, 0.2) is 0 Å². The van der Waals surface area contributed by atoms with Crippen LogP contribution >= 0.6 is 0 Å². The molecule has 1 saturated heterocycles. The van der Waals surface area contributed by atoms with Crippen LogP contribution in [0.2, 0.25) is 0 Å². The van der Waals surface area contributed by atoms with Crippen molar-refractivity contribution >= 4 is 0 Å². The highest BCUT2D eigenvalue weighted by molar-refractivity contribution is 4.94. The Labute approximate surface area is 70.0 Å². The van der Waals surface area contributed by atoms with E-state index in [0.717, 1.165) is 12.5 Å². The van der Waals surface area contributed by atoms with Gasteiger partial charge in [0, 0.05) is 5.54 Å². The first kappa shape index (κ1) is 9.01. The molecule has 0 amide bonds. The molecule has 1 fully saturated rings. The van der Waals surface area contributed by atoms with Gasteiger partial charge in [-0.15, -0.1) is 0 Å². The Morgan fingerprint density at radius 2 is 2.18 bits per heavy atom. The Balaban J connectivity index is 2.55. The Morgan fingerprint density at radius 1 is 1.55 bits per heavy atom. The monoisotopic (exact) mass is 156 g/mol. The van der Waals surface area contributed by atoms with E-state index in [-0.39, 0.29) is 0 Å². The van der Waals surface area contributed by atoms with Crippen LogP contribution in [0.5, 0.6) is 0 Å². The van der Waals surface area contributed by atoms with E-state index in [2.05, 4.69) is 31.1 Å². The molecule has 0 aromatic heterocycles. The number of hydrogen-bond acceptors (Lipinski definition) is 2. The van der Waals surface area contributed by atoms with Crippen molar-refractivity contribution in [2.45, 2.75) is 25.8 Å². The van der Waals surface area contributed by atoms with Crippen LogP contribution in [-0.4, -0.2) is 37.6 Å². The lowest BCUT2D eigenvalue weighted by Gasteiger charge is -2.33. The summed E-state index contributed by atoms with van der Waals surface area (Å²) in [6.45, 7) is 7.07. The first-order chi connectivity index (χ1) is 5.09. The van der Waals surface area contributed by atoms with E-state index >= 15 is 0 Å². The summed E-state index contributed by atoms with van der Waals surface area (Å²) in [7, 11) is 4.25. The second-order valence-electron chi connectivity index (χ2n) is 4.12. The molecule has 0 spiro atoms. The van der Waals surface area contributed by atoms with Gasteiger partial charge in [-0.1, -0.05) is 0 Å². The molecule has 0 aliphatic carbocycles. The minimum absolute atomic E-state index is 0.392. The Hall–Kier alpha value is -0.0800. The first-order valence-corrected chi connectivity index (χ1v) is 4.45. The molecule has 0 radical (unpaired) electrons. The number of nitrogens with zero attached hydrogens (tertiary/aromatic N) is 1. The third kappa shape index (κ3) is 1.57. The Kier molecular flexibility index (Phi) is 2.55. The third-order valence-corrected chi connectivity index (χ3v) is 3.25. The molecule has 0 aromatic carbocycles. The fourth-order valence-corrected chi connectivity index (χ4v) is 1.90. The molecule has 1 N–H and O–H groups in total. The smallest absolute Gasteiger partial charge is 0.0190 e. The lowest BCUT2D eigenvalue weighted by atomic mass is 9.89. The summed E-state index contributed by atoms with van der Waals surface area (Å²) >= 11 is 0. The summed E-state index contributed by atoms with van der Waals surface area (Å²) in [5.74, 6) is 0.817. The molecule has 0 aromatic rings. The van der Waals surface area contributed by atoms with E-state index in [4.69, 9.17) is 0 Å². The average molecular weight is 156 g/mol. The highest BCUT2D eigenvalue weighted by Gasteiger charge is 2.37. The summed E-state index contributed by atoms with van der Waals surface area (Å²) in [4.78, 5) is 2.45. The van der Waals surface area contributed by atoms with Crippen LogP contribution in [0.1, 0.15) is 20.3 Å². The number of nitrogens with one attached hydrogen (secondary N) is 1. The maximum absolute atomic E-state index is 3.26. The van der Waals surface area contributed by atoms with Crippen molar-refractivity contribution in [3.8, 4) is 0 Å². The van der Waals surface area contributed by atoms with E-state index in [9.17, 15) is 0 Å². The van der Waals surface area contributed by atoms with Crippen molar-refractivity contribution in [1.82, 2.24) is 10.2 Å². The predicted molar refractivity (Wildman–Crippen MR) is 48.7 cm³/mol. The SMILES string of the molecule is CNCC1CCN(C)C1(C)C. The summed E-state index contributed by atoms with van der Waals surface area (Å²) in [6, 6.07) is 0. The van der Waals surface area contributed by atoms with Gasteiger partial charge in [-0.05, 0) is 53.4 Å². The zero-order valence-electron chi connectivity index (χ0n) is 8.15. The molecular formula is C9H20N2. The molecule has 2 nitrogen and oxygen atoms in total. The second-order valence-corrected chi connectivity index (χ2v) is 4.12. The van der Waals surface area contributed by atoms with Crippen LogP contribution in [0.4, 0.5) is 0 Å². The molecule has 1 unspecified atom stereocenters. The van der Waals surface area contributed by atoms with Crippen molar-refractivity contribution in [3.05, 3.63) is 0 Å². The fraction of sp³-hybridized carbons (Fsp3) is 1.00. The van der Waals surface area contributed by atoms with E-state index in [0.29, 0.717) is 5.54 Å². The van der Waals surface area contributed by atoms with Crippen LogP contribution in [0, 0.1) is 5.92 Å². The molecular weight excluding hydrogens is 136 g/mol. The van der Waals surface area contributed by atoms with Crippen molar-refractivity contribution in [3.63, 3.8) is 0 Å². The van der Waals surface area contributed by atoms with Gasteiger partial charge in [0.05, 0.1) is 0 Å². The minimum Gasteiger partial charge on any atom is -0.319 e. The first-order valence-electron chi connectivity index (χ1n) is 4.45. The molecule has 2 heteroatoms. The number of likely N-dealkylation sites (tertiary alicyclic amines) is 1. The highest BCUT2D eigenvalue weighted by atomic mass is 15.2. The lowest BCUT2D eigenvalue weighted by molar-refractivity contribution is 0.171. The zero-order valence-corrected chi connectivity index (χ0v) is 8.15. The number of hydrogen-bond donors (Lipinski definition) is 1. The standard InChI is InChI=1S/C9H20N2/c1-9(2)8(7-10-3)5-6-11(9)4/h8,10H,5-7H2,1-4H3. The number of rotatable bonds is 2. The average Bonchev–Trinajstić information content (AvgIpc) is 2.16. The normalized spacial score (nSPS) is 31.1. The van der Waals surface area contributed by atoms with E-state index in [1.807, 2.05) is 7.05 Å². The fourth-order valence-electron chi connectivity index (χ4n) is 1.90. The minimum atomic E-state index is 0.392. The summed E-state index contributed by atoms with van der Waals surface area (Å²) in [5.41, 5.74) is 0.392. The van der Waals surface area contributed by atoms with E-state index in [1.54, 1.807) is 0 Å². The molecule has 0 bridgehead atoms. The molecule has 11 heavy (non-hydrogen) atoms. The lowest BCUT2D eigenvalue weighted by Crippen LogP contribution is -2.42. The topological polar surface area (TPSA) is 15.3 Å². The molecule has 1 heterocycles. The molecule has 1 atom stereocenters.